The topological polar surface area (TPSA) is 151 Å². The number of hydrogen-bond donors (Lipinski definition) is 4. The molecule has 0 atom stereocenters. The van der Waals surface area contributed by atoms with Gasteiger partial charge in [0.05, 0.1) is 31.3 Å². The second kappa shape index (κ2) is 20.0. The predicted octanol–water partition coefficient (Wildman–Crippen LogP) is 14.3. The van der Waals surface area contributed by atoms with E-state index in [1.54, 1.807) is 50.2 Å². The van der Waals surface area contributed by atoms with Gasteiger partial charge in [-0.2, -0.15) is 0 Å². The molecular weight excluding hydrogens is 886 g/mol. The van der Waals surface area contributed by atoms with Gasteiger partial charge in [0, 0.05) is 72.0 Å². The second-order valence-corrected chi connectivity index (χ2v) is 16.9. The van der Waals surface area contributed by atoms with Crippen LogP contribution in [0.1, 0.15) is 27.8 Å². The zero-order chi connectivity index (χ0) is 42.3. The third-order valence-corrected chi connectivity index (χ3v) is 12.8. The number of nitro groups is 2. The Morgan fingerprint density at radius 3 is 1.33 bits per heavy atom. The molecule has 58 heavy (non-hydrogen) atoms. The molecule has 0 fully saturated rings. The molecule has 0 aliphatic heterocycles. The van der Waals surface area contributed by atoms with Gasteiger partial charge < -0.3 is 20.8 Å². The number of non-ortho nitro benzene ring substituents is 2. The van der Waals surface area contributed by atoms with Crippen molar-refractivity contribution in [2.75, 3.05) is 10.6 Å². The molecule has 6 rings (SSSR count). The van der Waals surface area contributed by atoms with E-state index in [2.05, 4.69) is 10.6 Å². The Morgan fingerprint density at radius 2 is 0.948 bits per heavy atom. The van der Waals surface area contributed by atoms with E-state index >= 15 is 0 Å². The van der Waals surface area contributed by atoms with Gasteiger partial charge in [0.15, 0.2) is 11.5 Å². The Hall–Kier alpha value is -4.53. The monoisotopic (exact) mass is 916 g/mol. The van der Waals surface area contributed by atoms with Crippen LogP contribution in [0.3, 0.4) is 0 Å². The third kappa shape index (κ3) is 11.4. The molecule has 0 radical (unpaired) electrons. The molecule has 0 saturated carbocycles. The van der Waals surface area contributed by atoms with Crippen molar-refractivity contribution in [1.29, 1.82) is 0 Å². The van der Waals surface area contributed by atoms with Gasteiger partial charge in [-0.15, -0.1) is 0 Å². The van der Waals surface area contributed by atoms with E-state index in [0.29, 0.717) is 43.1 Å². The molecule has 10 nitrogen and oxygen atoms in total. The molecule has 0 bridgehead atoms. The number of rotatable bonds is 12. The number of hydrogen-bond acceptors (Lipinski definition) is 10. The predicted molar refractivity (Wildman–Crippen MR) is 237 cm³/mol. The molecule has 6 aromatic carbocycles. The van der Waals surface area contributed by atoms with Crippen LogP contribution in [-0.2, 0) is 13.1 Å². The molecule has 0 unspecified atom stereocenters. The normalized spacial score (nSPS) is 10.8. The summed E-state index contributed by atoms with van der Waals surface area (Å²) in [6.07, 6.45) is 0. The minimum absolute atomic E-state index is 0.000695. The molecule has 0 aliphatic rings. The summed E-state index contributed by atoms with van der Waals surface area (Å²) in [4.78, 5) is 25.2. The molecule has 0 aliphatic carbocycles. The van der Waals surface area contributed by atoms with E-state index in [0.717, 1.165) is 30.7 Å². The van der Waals surface area contributed by atoms with Crippen molar-refractivity contribution in [3.05, 3.63) is 170 Å². The smallest absolute Gasteiger partial charge is 0.269 e. The largest absolute Gasteiger partial charge is 0.504 e. The first kappa shape index (κ1) is 44.6. The quantitative estimate of drug-likeness (QED) is 0.0530. The summed E-state index contributed by atoms with van der Waals surface area (Å²) in [7, 11) is 0. The van der Waals surface area contributed by atoms with Crippen LogP contribution >= 0.6 is 81.5 Å². The Bertz CT molecular complexity index is 2320. The van der Waals surface area contributed by atoms with Gasteiger partial charge in [-0.05, 0) is 104 Å². The minimum atomic E-state index is -0.447. The number of nitrogens with zero attached hydrogens (tertiary/aromatic N) is 2. The van der Waals surface area contributed by atoms with Crippen LogP contribution in [0.2, 0.25) is 25.1 Å². The summed E-state index contributed by atoms with van der Waals surface area (Å²) in [6, 6.07) is 27.9. The van der Waals surface area contributed by atoms with Crippen molar-refractivity contribution in [2.24, 2.45) is 0 Å². The standard InChI is InChI=1S/C21H18Cl2N2O3S.C20H15Cl3N2O3S/c1-12-3-6-16(7-4-12)29-19-8-5-15(25(27)28)9-14(19)11-24-18-10-17(22)13(2)20(23)21(18)26;1-11-16(22)9-17(20(26)19(11)23)24-10-12-8-14(25(27)28)4-7-18(12)29-15-5-2-13(21)3-6-15/h3-10,24,26H,11H2,1-2H3;2-9,24,26H,10H2,1H3. The number of halogens is 5. The number of phenols is 2. The average molecular weight is 919 g/mol. The number of aromatic hydroxyl groups is 2. The fourth-order valence-corrected chi connectivity index (χ4v) is 8.14. The van der Waals surface area contributed by atoms with Crippen LogP contribution < -0.4 is 10.6 Å². The maximum atomic E-state index is 11.2. The van der Waals surface area contributed by atoms with E-state index in [4.69, 9.17) is 58.0 Å². The first-order valence-corrected chi connectivity index (χ1v) is 20.6. The van der Waals surface area contributed by atoms with E-state index in [1.807, 2.05) is 43.3 Å². The van der Waals surface area contributed by atoms with Crippen molar-refractivity contribution in [2.45, 2.75) is 53.4 Å². The highest BCUT2D eigenvalue weighted by atomic mass is 35.5. The van der Waals surface area contributed by atoms with Crippen LogP contribution in [0.15, 0.2) is 117 Å². The Balaban J connectivity index is 0.000000221. The lowest BCUT2D eigenvalue weighted by Gasteiger charge is -2.14. The lowest BCUT2D eigenvalue weighted by atomic mass is 10.1. The molecule has 0 amide bonds. The number of benzene rings is 6. The maximum Gasteiger partial charge on any atom is 0.269 e. The van der Waals surface area contributed by atoms with Gasteiger partial charge in [-0.3, -0.25) is 20.2 Å². The highest BCUT2D eigenvalue weighted by Gasteiger charge is 2.17. The highest BCUT2D eigenvalue weighted by Crippen LogP contribution is 2.41. The van der Waals surface area contributed by atoms with E-state index in [-0.39, 0.29) is 46.0 Å². The van der Waals surface area contributed by atoms with Crippen molar-refractivity contribution in [3.63, 3.8) is 0 Å². The van der Waals surface area contributed by atoms with Crippen LogP contribution in [-0.4, -0.2) is 20.1 Å². The van der Waals surface area contributed by atoms with Gasteiger partial charge in [0.1, 0.15) is 0 Å². The van der Waals surface area contributed by atoms with Crippen LogP contribution in [0.5, 0.6) is 11.5 Å². The molecule has 0 saturated heterocycles. The number of phenolic OH excluding ortho intramolecular Hbond substituents is 2. The Labute approximate surface area is 367 Å². The molecule has 0 aromatic heterocycles. The van der Waals surface area contributed by atoms with E-state index < -0.39 is 9.85 Å². The van der Waals surface area contributed by atoms with Crippen LogP contribution in [0.4, 0.5) is 22.7 Å². The summed E-state index contributed by atoms with van der Waals surface area (Å²) in [5.74, 6) is -0.224. The number of anilines is 2. The van der Waals surface area contributed by atoms with Gasteiger partial charge in [0.25, 0.3) is 11.4 Å². The van der Waals surface area contributed by atoms with Crippen LogP contribution in [0, 0.1) is 41.0 Å². The zero-order valence-electron chi connectivity index (χ0n) is 30.8. The summed E-state index contributed by atoms with van der Waals surface area (Å²) in [6.45, 7) is 5.90. The van der Waals surface area contributed by atoms with Crippen LogP contribution in [0.25, 0.3) is 0 Å². The van der Waals surface area contributed by atoms with Crippen molar-refractivity contribution in [1.82, 2.24) is 0 Å². The number of nitrogens with one attached hydrogen (secondary N) is 2. The molecule has 17 heteroatoms. The highest BCUT2D eigenvalue weighted by molar-refractivity contribution is 7.99. The van der Waals surface area contributed by atoms with Crippen molar-refractivity contribution >= 4 is 104 Å². The average Bonchev–Trinajstić information content (AvgIpc) is 3.20. The minimum Gasteiger partial charge on any atom is -0.504 e. The fraction of sp³-hybridized carbons (Fsp3) is 0.122. The summed E-state index contributed by atoms with van der Waals surface area (Å²) in [5, 5.41) is 50.9. The lowest BCUT2D eigenvalue weighted by Crippen LogP contribution is -2.03. The lowest BCUT2D eigenvalue weighted by molar-refractivity contribution is -0.385. The van der Waals surface area contributed by atoms with Gasteiger partial charge in [-0.25, -0.2) is 0 Å². The SMILES string of the molecule is Cc1c(Cl)cc(NCc2cc([N+](=O)[O-])ccc2Sc2ccc(Cl)cc2)c(O)c1Cl.Cc1ccc(Sc2ccc([N+](=O)[O-])cc2CNc2cc(Cl)c(C)c(Cl)c2O)cc1. The Kier molecular flexibility index (Phi) is 15.3. The van der Waals surface area contributed by atoms with E-state index in [9.17, 15) is 30.4 Å². The molecule has 0 heterocycles. The van der Waals surface area contributed by atoms with Crippen molar-refractivity contribution in [3.8, 4) is 11.5 Å². The summed E-state index contributed by atoms with van der Waals surface area (Å²) >= 11 is 33.4. The fourth-order valence-electron chi connectivity index (χ4n) is 5.26. The van der Waals surface area contributed by atoms with Crippen molar-refractivity contribution < 1.29 is 20.1 Å². The van der Waals surface area contributed by atoms with Gasteiger partial charge >= 0.3 is 0 Å². The molecular formula is C41H33Cl5N4O6S2. The number of aryl methyl sites for hydroxylation is 1. The molecule has 4 N–H and O–H groups in total. The van der Waals surface area contributed by atoms with E-state index in [1.165, 1.54) is 47.8 Å². The summed E-state index contributed by atoms with van der Waals surface area (Å²) in [5.41, 5.74) is 4.41. The first-order valence-electron chi connectivity index (χ1n) is 17.1. The third-order valence-electron chi connectivity index (χ3n) is 8.58. The van der Waals surface area contributed by atoms with Gasteiger partial charge in [-0.1, -0.05) is 99.2 Å². The number of nitro benzene ring substituents is 2. The summed E-state index contributed by atoms with van der Waals surface area (Å²) < 4.78 is 0. The van der Waals surface area contributed by atoms with Gasteiger partial charge in [0.2, 0.25) is 0 Å². The molecule has 300 valence electrons. The molecule has 0 spiro atoms. The first-order chi connectivity index (χ1) is 27.5. The second-order valence-electron chi connectivity index (χ2n) is 12.7. The zero-order valence-corrected chi connectivity index (χ0v) is 36.2. The molecule has 6 aromatic rings. The maximum absolute atomic E-state index is 11.2. The Morgan fingerprint density at radius 1 is 0.569 bits per heavy atom.